The molecule has 5 nitrogen and oxygen atoms in total. The lowest BCUT2D eigenvalue weighted by molar-refractivity contribution is 1.38. The van der Waals surface area contributed by atoms with E-state index in [0.29, 0.717) is 5.69 Å². The minimum atomic E-state index is -0.106. The average molecular weight is 259 g/mol. The molecule has 18 heavy (non-hydrogen) atoms. The molecule has 0 radical (unpaired) electrons. The third kappa shape index (κ3) is 3.08. The topological polar surface area (TPSA) is 103 Å². The highest BCUT2D eigenvalue weighted by Crippen LogP contribution is 2.27. The molecule has 2 rings (SSSR count). The summed E-state index contributed by atoms with van der Waals surface area (Å²) in [4.78, 5) is 8.96. The van der Waals surface area contributed by atoms with E-state index in [4.69, 9.17) is 17.2 Å². The van der Waals surface area contributed by atoms with Crippen LogP contribution >= 0.6 is 11.3 Å². The Morgan fingerprint density at radius 2 is 1.89 bits per heavy atom. The molecule has 0 aliphatic carbocycles. The lowest BCUT2D eigenvalue weighted by atomic mass is 10.2. The highest BCUT2D eigenvalue weighted by atomic mass is 32.1. The third-order valence-electron chi connectivity index (χ3n) is 2.14. The Labute approximate surface area is 109 Å². The Kier molecular flexibility index (Phi) is 3.59. The molecule has 0 aliphatic rings. The second-order valence-electron chi connectivity index (χ2n) is 3.53. The minimum absolute atomic E-state index is 0.0401. The van der Waals surface area contributed by atoms with Gasteiger partial charge in [-0.1, -0.05) is 18.2 Å². The van der Waals surface area contributed by atoms with Crippen molar-refractivity contribution in [3.8, 4) is 10.4 Å². The average Bonchev–Trinajstić information content (AvgIpc) is 2.81. The van der Waals surface area contributed by atoms with Gasteiger partial charge in [-0.2, -0.15) is 4.99 Å². The summed E-state index contributed by atoms with van der Waals surface area (Å²) < 4.78 is 0. The predicted octanol–water partition coefficient (Wildman–Crippen LogP) is 1.63. The van der Waals surface area contributed by atoms with Crippen LogP contribution < -0.4 is 17.2 Å². The molecular formula is C12H13N5S. The summed E-state index contributed by atoms with van der Waals surface area (Å²) in [5.41, 5.74) is 17.8. The summed E-state index contributed by atoms with van der Waals surface area (Å²) in [5.74, 6) is -0.0657. The summed E-state index contributed by atoms with van der Waals surface area (Å²) >= 11 is 1.67. The maximum Gasteiger partial charge on any atom is 0.223 e. The number of benzene rings is 1. The smallest absolute Gasteiger partial charge is 0.223 e. The van der Waals surface area contributed by atoms with Crippen molar-refractivity contribution in [1.29, 1.82) is 0 Å². The number of guanidine groups is 2. The molecule has 1 aromatic heterocycles. The predicted molar refractivity (Wildman–Crippen MR) is 76.8 cm³/mol. The number of hydrogen-bond donors (Lipinski definition) is 3. The Bertz CT molecular complexity index is 582. The van der Waals surface area contributed by atoms with E-state index < -0.39 is 0 Å². The molecule has 6 heteroatoms. The van der Waals surface area contributed by atoms with Gasteiger partial charge in [-0.25, -0.2) is 4.99 Å². The molecular weight excluding hydrogens is 246 g/mol. The Balaban J connectivity index is 2.31. The Morgan fingerprint density at radius 1 is 1.06 bits per heavy atom. The van der Waals surface area contributed by atoms with E-state index in [1.165, 1.54) is 4.88 Å². The summed E-state index contributed by atoms with van der Waals surface area (Å²) in [7, 11) is 0. The number of thiophene rings is 1. The molecule has 2 aromatic rings. The quantitative estimate of drug-likeness (QED) is 0.564. The second-order valence-corrected chi connectivity index (χ2v) is 4.48. The first-order valence-corrected chi connectivity index (χ1v) is 6.11. The summed E-state index contributed by atoms with van der Waals surface area (Å²) in [6.45, 7) is 0. The van der Waals surface area contributed by atoms with Gasteiger partial charge in [0.25, 0.3) is 0 Å². The zero-order valence-electron chi connectivity index (χ0n) is 9.58. The van der Waals surface area contributed by atoms with Gasteiger partial charge in [-0.3, -0.25) is 0 Å². The molecule has 0 amide bonds. The van der Waals surface area contributed by atoms with Gasteiger partial charge in [0, 0.05) is 4.88 Å². The number of aliphatic imine (C=N–C) groups is 2. The number of rotatable bonds is 2. The molecule has 6 N–H and O–H groups in total. The molecule has 0 fully saturated rings. The maximum absolute atomic E-state index is 5.58. The highest BCUT2D eigenvalue weighted by Gasteiger charge is 2.00. The number of hydrogen-bond acceptors (Lipinski definition) is 2. The van der Waals surface area contributed by atoms with Gasteiger partial charge in [-0.15, -0.1) is 11.3 Å². The minimum Gasteiger partial charge on any atom is -0.370 e. The first-order valence-electron chi connectivity index (χ1n) is 5.23. The van der Waals surface area contributed by atoms with Crippen molar-refractivity contribution in [3.63, 3.8) is 0 Å². The second kappa shape index (κ2) is 5.33. The maximum atomic E-state index is 5.58. The fraction of sp³-hybridized carbons (Fsp3) is 0. The first-order chi connectivity index (χ1) is 8.65. The van der Waals surface area contributed by atoms with E-state index in [1.807, 2.05) is 41.8 Å². The van der Waals surface area contributed by atoms with Crippen molar-refractivity contribution >= 4 is 28.9 Å². The van der Waals surface area contributed by atoms with E-state index >= 15 is 0 Å². The molecule has 0 atom stereocenters. The van der Waals surface area contributed by atoms with Crippen LogP contribution in [-0.4, -0.2) is 11.9 Å². The van der Waals surface area contributed by atoms with Crippen LogP contribution in [0.15, 0.2) is 51.8 Å². The van der Waals surface area contributed by atoms with Gasteiger partial charge < -0.3 is 17.2 Å². The van der Waals surface area contributed by atoms with Crippen LogP contribution in [0.3, 0.4) is 0 Å². The zero-order chi connectivity index (χ0) is 13.0. The van der Waals surface area contributed by atoms with E-state index in [2.05, 4.69) is 9.98 Å². The van der Waals surface area contributed by atoms with Crippen LogP contribution in [-0.2, 0) is 0 Å². The molecule has 92 valence electrons. The molecule has 0 saturated carbocycles. The van der Waals surface area contributed by atoms with Crippen LogP contribution in [0.2, 0.25) is 0 Å². The number of nitrogens with zero attached hydrogens (tertiary/aromatic N) is 2. The van der Waals surface area contributed by atoms with Gasteiger partial charge in [0.05, 0.1) is 5.69 Å². The fourth-order valence-electron chi connectivity index (χ4n) is 1.46. The molecule has 1 aromatic carbocycles. The van der Waals surface area contributed by atoms with E-state index in [9.17, 15) is 0 Å². The standard InChI is InChI=1S/C12H13N5S/c13-11(14)17-12(15)16-9-4-1-3-8(7-9)10-5-2-6-18-10/h1-7H,(H6,13,14,15,16,17). The largest absolute Gasteiger partial charge is 0.370 e. The zero-order valence-corrected chi connectivity index (χ0v) is 10.4. The monoisotopic (exact) mass is 259 g/mol. The van der Waals surface area contributed by atoms with Gasteiger partial charge in [0.15, 0.2) is 5.96 Å². The van der Waals surface area contributed by atoms with Gasteiger partial charge in [0.2, 0.25) is 5.96 Å². The summed E-state index contributed by atoms with van der Waals surface area (Å²) in [6, 6.07) is 11.8. The Hall–Kier alpha value is -2.34. The molecule has 0 aliphatic heterocycles. The van der Waals surface area contributed by atoms with Crippen LogP contribution in [0.1, 0.15) is 0 Å². The first kappa shape index (κ1) is 12.1. The molecule has 1 heterocycles. The normalized spacial score (nSPS) is 11.2. The van der Waals surface area contributed by atoms with E-state index in [1.54, 1.807) is 11.3 Å². The van der Waals surface area contributed by atoms with Gasteiger partial charge >= 0.3 is 0 Å². The summed E-state index contributed by atoms with van der Waals surface area (Å²) in [6.07, 6.45) is 0. The third-order valence-corrected chi connectivity index (χ3v) is 3.06. The van der Waals surface area contributed by atoms with E-state index in [-0.39, 0.29) is 11.9 Å². The van der Waals surface area contributed by atoms with E-state index in [0.717, 1.165) is 5.56 Å². The van der Waals surface area contributed by atoms with Crippen molar-refractivity contribution in [2.75, 3.05) is 0 Å². The van der Waals surface area contributed by atoms with Gasteiger partial charge in [-0.05, 0) is 29.1 Å². The van der Waals surface area contributed by atoms with Crippen molar-refractivity contribution in [1.82, 2.24) is 0 Å². The van der Waals surface area contributed by atoms with Crippen LogP contribution in [0.5, 0.6) is 0 Å². The highest BCUT2D eigenvalue weighted by molar-refractivity contribution is 7.13. The van der Waals surface area contributed by atoms with Crippen LogP contribution in [0.4, 0.5) is 5.69 Å². The van der Waals surface area contributed by atoms with Crippen molar-refractivity contribution in [3.05, 3.63) is 41.8 Å². The van der Waals surface area contributed by atoms with Crippen molar-refractivity contribution in [2.24, 2.45) is 27.2 Å². The molecule has 0 spiro atoms. The van der Waals surface area contributed by atoms with Crippen LogP contribution in [0.25, 0.3) is 10.4 Å². The number of nitrogens with two attached hydrogens (primary N) is 3. The molecule has 0 saturated heterocycles. The van der Waals surface area contributed by atoms with Crippen LogP contribution in [0, 0.1) is 0 Å². The van der Waals surface area contributed by atoms with Gasteiger partial charge in [0.1, 0.15) is 0 Å². The lowest BCUT2D eigenvalue weighted by Crippen LogP contribution is -2.26. The van der Waals surface area contributed by atoms with Crippen molar-refractivity contribution in [2.45, 2.75) is 0 Å². The molecule has 0 unspecified atom stereocenters. The molecule has 0 bridgehead atoms. The fourth-order valence-corrected chi connectivity index (χ4v) is 2.19. The lowest BCUT2D eigenvalue weighted by Gasteiger charge is -2.00. The van der Waals surface area contributed by atoms with Crippen molar-refractivity contribution < 1.29 is 0 Å². The Morgan fingerprint density at radius 3 is 2.56 bits per heavy atom. The SMILES string of the molecule is NC(N)=NC(N)=Nc1cccc(-c2cccs2)c1. The summed E-state index contributed by atoms with van der Waals surface area (Å²) in [5, 5.41) is 2.03.